The second-order valence-corrected chi connectivity index (χ2v) is 11.1. The first-order valence-electron chi connectivity index (χ1n) is 10.4. The minimum atomic E-state index is -3.72. The van der Waals surface area contributed by atoms with E-state index in [1.807, 2.05) is 18.2 Å². The van der Waals surface area contributed by atoms with Crippen LogP contribution in [0.25, 0.3) is 0 Å². The Balaban J connectivity index is 0.00000324. The molecule has 4 rings (SSSR count). The predicted molar refractivity (Wildman–Crippen MR) is 132 cm³/mol. The van der Waals surface area contributed by atoms with Gasteiger partial charge in [0.15, 0.2) is 9.84 Å². The number of nitrogens with zero attached hydrogens (tertiary/aromatic N) is 2. The van der Waals surface area contributed by atoms with Crippen LogP contribution in [0.5, 0.6) is 0 Å². The van der Waals surface area contributed by atoms with Gasteiger partial charge in [-0.05, 0) is 41.8 Å². The second kappa shape index (κ2) is 11.1. The van der Waals surface area contributed by atoms with Crippen molar-refractivity contribution >= 4 is 44.5 Å². The first-order chi connectivity index (χ1) is 15.9. The van der Waals surface area contributed by atoms with Crippen LogP contribution in [0.3, 0.4) is 0 Å². The zero-order valence-corrected chi connectivity index (χ0v) is 20.6. The zero-order valence-electron chi connectivity index (χ0n) is 18.2. The number of benzene rings is 2. The molecule has 34 heavy (non-hydrogen) atoms. The van der Waals surface area contributed by atoms with Crippen molar-refractivity contribution in [3.63, 3.8) is 0 Å². The summed E-state index contributed by atoms with van der Waals surface area (Å²) < 4.78 is 37.9. The van der Waals surface area contributed by atoms with Crippen LogP contribution in [-0.4, -0.2) is 31.5 Å². The Morgan fingerprint density at radius 3 is 2.53 bits per heavy atom. The van der Waals surface area contributed by atoms with Crippen molar-refractivity contribution < 1.29 is 17.6 Å². The van der Waals surface area contributed by atoms with Crippen molar-refractivity contribution in [1.29, 1.82) is 5.26 Å². The van der Waals surface area contributed by atoms with Crippen LogP contribution in [-0.2, 0) is 34.1 Å². The van der Waals surface area contributed by atoms with Gasteiger partial charge >= 0.3 is 0 Å². The third kappa shape index (κ3) is 6.02. The van der Waals surface area contributed by atoms with E-state index in [-0.39, 0.29) is 23.7 Å². The normalized spacial score (nSPS) is 13.4. The van der Waals surface area contributed by atoms with Gasteiger partial charge in [0.25, 0.3) is 0 Å². The van der Waals surface area contributed by atoms with E-state index in [2.05, 4.69) is 28.4 Å². The molecular weight excluding hydrogens is 497 g/mol. The molecule has 1 amide bonds. The number of carbonyl (C=O) groups is 1. The van der Waals surface area contributed by atoms with Gasteiger partial charge in [0, 0.05) is 30.9 Å². The van der Waals surface area contributed by atoms with Gasteiger partial charge in [0.2, 0.25) is 5.91 Å². The molecule has 2 heterocycles. The Kier molecular flexibility index (Phi) is 8.44. The van der Waals surface area contributed by atoms with Crippen molar-refractivity contribution in [3.8, 4) is 6.07 Å². The fraction of sp³-hybridized carbons (Fsp3) is 0.250. The van der Waals surface area contributed by atoms with E-state index in [0.29, 0.717) is 17.1 Å². The molecule has 0 radical (unpaired) electrons. The van der Waals surface area contributed by atoms with Crippen molar-refractivity contribution in [2.45, 2.75) is 30.8 Å². The highest BCUT2D eigenvalue weighted by molar-refractivity contribution is 7.91. The van der Waals surface area contributed by atoms with E-state index in [4.69, 9.17) is 0 Å². The molecule has 0 saturated heterocycles. The molecule has 0 atom stereocenters. The second-order valence-electron chi connectivity index (χ2n) is 7.84. The van der Waals surface area contributed by atoms with Crippen molar-refractivity contribution in [3.05, 3.63) is 82.0 Å². The molecule has 1 aromatic heterocycles. The van der Waals surface area contributed by atoms with Gasteiger partial charge in [0.05, 0.1) is 16.2 Å². The Bertz CT molecular complexity index is 1300. The highest BCUT2D eigenvalue weighted by Gasteiger charge is 2.26. The summed E-state index contributed by atoms with van der Waals surface area (Å²) in [6.45, 7) is 2.32. The predicted octanol–water partition coefficient (Wildman–Crippen LogP) is 4.54. The van der Waals surface area contributed by atoms with Crippen LogP contribution < -0.4 is 5.32 Å². The summed E-state index contributed by atoms with van der Waals surface area (Å²) >= 11 is 1.37. The molecular formula is C24H23ClFN3O3S2. The lowest BCUT2D eigenvalue weighted by Gasteiger charge is -2.26. The number of sulfone groups is 1. The third-order valence-electron chi connectivity index (χ3n) is 5.52. The van der Waals surface area contributed by atoms with E-state index >= 15 is 0 Å². The van der Waals surface area contributed by atoms with Gasteiger partial charge in [0.1, 0.15) is 16.9 Å². The molecule has 6 nitrogen and oxygen atoms in total. The van der Waals surface area contributed by atoms with Crippen molar-refractivity contribution in [2.75, 3.05) is 17.6 Å². The van der Waals surface area contributed by atoms with Crippen LogP contribution in [0.4, 0.5) is 9.39 Å². The number of anilines is 1. The van der Waals surface area contributed by atoms with Crippen LogP contribution in [0.15, 0.2) is 59.5 Å². The fourth-order valence-corrected chi connectivity index (χ4v) is 6.31. The number of nitriles is 1. The number of hydrogen-bond acceptors (Lipinski definition) is 6. The Morgan fingerprint density at radius 2 is 1.85 bits per heavy atom. The molecule has 1 aliphatic heterocycles. The smallest absolute Gasteiger partial charge is 0.226 e. The number of thiophene rings is 1. The van der Waals surface area contributed by atoms with E-state index in [1.54, 1.807) is 0 Å². The van der Waals surface area contributed by atoms with Crippen LogP contribution in [0, 0.1) is 17.1 Å². The number of hydrogen-bond donors (Lipinski definition) is 1. The lowest BCUT2D eigenvalue weighted by Crippen LogP contribution is -2.29. The summed E-state index contributed by atoms with van der Waals surface area (Å²) in [6.07, 6.45) is 0.462. The molecule has 1 aliphatic rings. The molecule has 0 bridgehead atoms. The number of rotatable bonds is 7. The lowest BCUT2D eigenvalue weighted by atomic mass is 10.0. The monoisotopic (exact) mass is 519 g/mol. The van der Waals surface area contributed by atoms with Gasteiger partial charge in [-0.2, -0.15) is 5.26 Å². The molecule has 0 saturated carbocycles. The van der Waals surface area contributed by atoms with Crippen molar-refractivity contribution in [2.24, 2.45) is 0 Å². The number of amides is 1. The SMILES string of the molecule is Cl.N#Cc1c(NC(=O)CCS(=O)(=O)c2ccc(F)cc2)sc2c1CCN(Cc1ccccc1)C2. The molecule has 1 N–H and O–H groups in total. The topological polar surface area (TPSA) is 90.3 Å². The maximum atomic E-state index is 13.0. The molecule has 3 aromatic rings. The molecule has 0 spiro atoms. The average molecular weight is 520 g/mol. The summed E-state index contributed by atoms with van der Waals surface area (Å²) in [4.78, 5) is 15.8. The minimum absolute atomic E-state index is 0. The number of carbonyl (C=O) groups excluding carboxylic acids is 1. The van der Waals surface area contributed by atoms with E-state index in [0.717, 1.165) is 42.1 Å². The van der Waals surface area contributed by atoms with Crippen LogP contribution >= 0.6 is 23.7 Å². The third-order valence-corrected chi connectivity index (χ3v) is 8.38. The van der Waals surface area contributed by atoms with E-state index < -0.39 is 27.3 Å². The maximum absolute atomic E-state index is 13.0. The van der Waals surface area contributed by atoms with Crippen LogP contribution in [0.1, 0.15) is 28.0 Å². The molecule has 178 valence electrons. The minimum Gasteiger partial charge on any atom is -0.317 e. The summed E-state index contributed by atoms with van der Waals surface area (Å²) in [5, 5.41) is 12.9. The van der Waals surface area contributed by atoms with Crippen LogP contribution in [0.2, 0.25) is 0 Å². The van der Waals surface area contributed by atoms with Gasteiger partial charge in [-0.3, -0.25) is 9.69 Å². The largest absolute Gasteiger partial charge is 0.317 e. The summed E-state index contributed by atoms with van der Waals surface area (Å²) in [6, 6.07) is 16.9. The van der Waals surface area contributed by atoms with Gasteiger partial charge < -0.3 is 5.32 Å². The molecule has 0 aliphatic carbocycles. The quantitative estimate of drug-likeness (QED) is 0.463. The van der Waals surface area contributed by atoms with Gasteiger partial charge in [-0.15, -0.1) is 23.7 Å². The fourth-order valence-electron chi connectivity index (χ4n) is 3.82. The van der Waals surface area contributed by atoms with E-state index in [1.165, 1.54) is 29.0 Å². The number of nitrogens with one attached hydrogen (secondary N) is 1. The Morgan fingerprint density at radius 1 is 1.15 bits per heavy atom. The molecule has 0 fully saturated rings. The average Bonchev–Trinajstić information content (AvgIpc) is 3.14. The standard InChI is InChI=1S/C24H22FN3O3S2.ClH/c25-18-6-8-19(9-7-18)33(30,31)13-11-23(29)27-24-21(14-26)20-10-12-28(16-22(20)32-24)15-17-4-2-1-3-5-17;/h1-9H,10-13,15-16H2,(H,27,29);1H. The van der Waals surface area contributed by atoms with Crippen molar-refractivity contribution in [1.82, 2.24) is 4.90 Å². The van der Waals surface area contributed by atoms with E-state index in [9.17, 15) is 22.9 Å². The number of fused-ring (bicyclic) bond motifs is 1. The van der Waals surface area contributed by atoms with Gasteiger partial charge in [-0.25, -0.2) is 12.8 Å². The first kappa shape index (κ1) is 25.8. The summed E-state index contributed by atoms with van der Waals surface area (Å²) in [7, 11) is -3.72. The summed E-state index contributed by atoms with van der Waals surface area (Å²) in [5.74, 6) is -1.40. The Hall–Kier alpha value is -2.77. The zero-order chi connectivity index (χ0) is 23.4. The first-order valence-corrected chi connectivity index (χ1v) is 12.9. The molecule has 2 aromatic carbocycles. The number of halogens is 2. The molecule has 10 heteroatoms. The lowest BCUT2D eigenvalue weighted by molar-refractivity contribution is -0.115. The Labute approximate surface area is 208 Å². The maximum Gasteiger partial charge on any atom is 0.226 e. The highest BCUT2D eigenvalue weighted by atomic mass is 35.5. The molecule has 0 unspecified atom stereocenters. The summed E-state index contributed by atoms with van der Waals surface area (Å²) in [5.41, 5.74) is 2.64. The highest BCUT2D eigenvalue weighted by Crippen LogP contribution is 2.37. The van der Waals surface area contributed by atoms with Gasteiger partial charge in [-0.1, -0.05) is 30.3 Å².